The van der Waals surface area contributed by atoms with E-state index in [4.69, 9.17) is 18.0 Å². The monoisotopic (exact) mass is 308 g/mol. The Kier molecular flexibility index (Phi) is 5.73. The molecule has 1 aliphatic rings. The number of aromatic nitrogens is 2. The van der Waals surface area contributed by atoms with Crippen LogP contribution in [0.25, 0.3) is 0 Å². The van der Waals surface area contributed by atoms with Crippen molar-refractivity contribution in [2.24, 2.45) is 17.6 Å². The van der Waals surface area contributed by atoms with E-state index in [-0.39, 0.29) is 16.8 Å². The maximum atomic E-state index is 12.3. The Morgan fingerprint density at radius 1 is 1.48 bits per heavy atom. The minimum atomic E-state index is 0.0469. The number of nitrogens with zero attached hydrogens (tertiary/aromatic N) is 1. The van der Waals surface area contributed by atoms with Gasteiger partial charge in [0.2, 0.25) is 5.91 Å². The lowest BCUT2D eigenvalue weighted by Gasteiger charge is -2.27. The zero-order valence-electron chi connectivity index (χ0n) is 12.5. The molecule has 116 valence electrons. The van der Waals surface area contributed by atoms with Gasteiger partial charge in [0.1, 0.15) is 10.8 Å². The number of amides is 1. The highest BCUT2D eigenvalue weighted by Crippen LogP contribution is 2.32. The second-order valence-electron chi connectivity index (χ2n) is 5.87. The second kappa shape index (κ2) is 7.54. The van der Waals surface area contributed by atoms with Gasteiger partial charge in [-0.25, -0.2) is 0 Å². The average Bonchev–Trinajstić information content (AvgIpc) is 2.94. The lowest BCUT2D eigenvalue weighted by atomic mass is 9.79. The number of rotatable bonds is 6. The molecule has 0 aliphatic heterocycles. The zero-order valence-corrected chi connectivity index (χ0v) is 13.3. The molecule has 1 saturated carbocycles. The molecule has 0 atom stereocenters. The quantitative estimate of drug-likeness (QED) is 0.705. The highest BCUT2D eigenvalue weighted by Gasteiger charge is 2.26. The molecule has 0 saturated heterocycles. The number of hydrogen-bond acceptors (Lipinski definition) is 3. The molecule has 1 amide bonds. The largest absolute Gasteiger partial charge is 0.389 e. The summed E-state index contributed by atoms with van der Waals surface area (Å²) in [5.41, 5.74) is 6.19. The van der Waals surface area contributed by atoms with Crippen molar-refractivity contribution >= 4 is 28.9 Å². The summed E-state index contributed by atoms with van der Waals surface area (Å²) >= 11 is 4.93. The van der Waals surface area contributed by atoms with E-state index < -0.39 is 0 Å². The maximum absolute atomic E-state index is 12.3. The SMILES string of the molecule is CCCCC1CCC(C(=O)Nc2[nH]ncc2C(N)=S)CC1. The molecular weight excluding hydrogens is 284 g/mol. The van der Waals surface area contributed by atoms with Crippen LogP contribution in [0.2, 0.25) is 0 Å². The molecule has 0 spiro atoms. The first-order chi connectivity index (χ1) is 10.1. The van der Waals surface area contributed by atoms with E-state index in [9.17, 15) is 4.79 Å². The van der Waals surface area contributed by atoms with Gasteiger partial charge in [0.25, 0.3) is 0 Å². The predicted octanol–water partition coefficient (Wildman–Crippen LogP) is 2.98. The molecule has 4 N–H and O–H groups in total. The van der Waals surface area contributed by atoms with E-state index in [2.05, 4.69) is 22.4 Å². The summed E-state index contributed by atoms with van der Waals surface area (Å²) in [6.07, 6.45) is 9.64. The van der Waals surface area contributed by atoms with Gasteiger partial charge in [-0.2, -0.15) is 5.10 Å². The Morgan fingerprint density at radius 3 is 2.81 bits per heavy atom. The minimum absolute atomic E-state index is 0.0469. The van der Waals surface area contributed by atoms with E-state index >= 15 is 0 Å². The Bertz CT molecular complexity index is 492. The van der Waals surface area contributed by atoms with Crippen LogP contribution in [0.1, 0.15) is 57.4 Å². The molecule has 0 radical (unpaired) electrons. The average molecular weight is 308 g/mol. The summed E-state index contributed by atoms with van der Waals surface area (Å²) in [4.78, 5) is 12.6. The van der Waals surface area contributed by atoms with Crippen LogP contribution in [0.5, 0.6) is 0 Å². The Hall–Kier alpha value is -1.43. The normalized spacial score (nSPS) is 22.0. The van der Waals surface area contributed by atoms with Crippen LogP contribution in [0, 0.1) is 11.8 Å². The van der Waals surface area contributed by atoms with Crippen LogP contribution >= 0.6 is 12.2 Å². The minimum Gasteiger partial charge on any atom is -0.389 e. The van der Waals surface area contributed by atoms with E-state index in [0.29, 0.717) is 11.4 Å². The number of nitrogens with two attached hydrogens (primary N) is 1. The number of carbonyl (C=O) groups is 1. The molecular formula is C15H24N4OS. The molecule has 1 aromatic heterocycles. The molecule has 0 aromatic carbocycles. The molecule has 1 fully saturated rings. The van der Waals surface area contributed by atoms with Gasteiger partial charge < -0.3 is 11.1 Å². The van der Waals surface area contributed by atoms with Crippen LogP contribution in [-0.2, 0) is 4.79 Å². The van der Waals surface area contributed by atoms with E-state index in [1.807, 2.05) is 0 Å². The predicted molar refractivity (Wildman–Crippen MR) is 88.1 cm³/mol. The van der Waals surface area contributed by atoms with E-state index in [1.165, 1.54) is 19.3 Å². The zero-order chi connectivity index (χ0) is 15.2. The first-order valence-corrected chi connectivity index (χ1v) is 8.16. The number of hydrogen-bond donors (Lipinski definition) is 3. The lowest BCUT2D eigenvalue weighted by molar-refractivity contribution is -0.121. The molecule has 21 heavy (non-hydrogen) atoms. The van der Waals surface area contributed by atoms with Crippen molar-refractivity contribution in [1.82, 2.24) is 10.2 Å². The molecule has 2 rings (SSSR count). The van der Waals surface area contributed by atoms with Gasteiger partial charge in [-0.1, -0.05) is 38.4 Å². The van der Waals surface area contributed by atoms with Gasteiger partial charge in [-0.15, -0.1) is 0 Å². The number of thiocarbonyl (C=S) groups is 1. The van der Waals surface area contributed by atoms with Crippen LogP contribution in [0.15, 0.2) is 6.20 Å². The fourth-order valence-corrected chi connectivity index (χ4v) is 3.15. The molecule has 6 heteroatoms. The van der Waals surface area contributed by atoms with Crippen LogP contribution < -0.4 is 11.1 Å². The number of H-pyrrole nitrogens is 1. The molecule has 0 unspecified atom stereocenters. The summed E-state index contributed by atoms with van der Waals surface area (Å²) in [6.45, 7) is 2.23. The van der Waals surface area contributed by atoms with Crippen molar-refractivity contribution in [2.75, 3.05) is 5.32 Å². The van der Waals surface area contributed by atoms with Gasteiger partial charge in [0.05, 0.1) is 11.8 Å². The number of nitrogens with one attached hydrogen (secondary N) is 2. The van der Waals surface area contributed by atoms with Gasteiger partial charge in [-0.3, -0.25) is 9.89 Å². The summed E-state index contributed by atoms with van der Waals surface area (Å²) < 4.78 is 0. The topological polar surface area (TPSA) is 83.8 Å². The van der Waals surface area contributed by atoms with Crippen molar-refractivity contribution in [3.63, 3.8) is 0 Å². The standard InChI is InChI=1S/C15H24N4OS/c1-2-3-4-10-5-7-11(8-6-10)15(20)18-14-12(13(16)21)9-17-19-14/h9-11H,2-8H2,1H3,(H2,16,21)(H2,17,18,19,20). The first kappa shape index (κ1) is 15.9. The fourth-order valence-electron chi connectivity index (χ4n) is 3.00. The third-order valence-corrected chi connectivity index (χ3v) is 4.56. The van der Waals surface area contributed by atoms with Gasteiger partial charge >= 0.3 is 0 Å². The van der Waals surface area contributed by atoms with Crippen molar-refractivity contribution in [3.8, 4) is 0 Å². The summed E-state index contributed by atoms with van der Waals surface area (Å²) in [5.74, 6) is 1.45. The molecule has 1 aromatic rings. The number of aromatic amines is 1. The van der Waals surface area contributed by atoms with Gasteiger partial charge in [0, 0.05) is 5.92 Å². The van der Waals surface area contributed by atoms with Gasteiger partial charge in [-0.05, 0) is 31.6 Å². The highest BCUT2D eigenvalue weighted by molar-refractivity contribution is 7.80. The van der Waals surface area contributed by atoms with Crippen LogP contribution in [-0.4, -0.2) is 21.1 Å². The number of unbranched alkanes of at least 4 members (excludes halogenated alkanes) is 1. The molecule has 5 nitrogen and oxygen atoms in total. The van der Waals surface area contributed by atoms with E-state index in [0.717, 1.165) is 31.6 Å². The molecule has 0 bridgehead atoms. The highest BCUT2D eigenvalue weighted by atomic mass is 32.1. The van der Waals surface area contributed by atoms with Crippen LogP contribution in [0.3, 0.4) is 0 Å². The third-order valence-electron chi connectivity index (χ3n) is 4.34. The smallest absolute Gasteiger partial charge is 0.228 e. The first-order valence-electron chi connectivity index (χ1n) is 7.75. The van der Waals surface area contributed by atoms with Crippen molar-refractivity contribution in [1.29, 1.82) is 0 Å². The Balaban J connectivity index is 1.85. The second-order valence-corrected chi connectivity index (χ2v) is 6.31. The number of carbonyl (C=O) groups excluding carboxylic acids is 1. The summed E-state index contributed by atoms with van der Waals surface area (Å²) in [5, 5.41) is 9.50. The lowest BCUT2D eigenvalue weighted by Crippen LogP contribution is -2.28. The van der Waals surface area contributed by atoms with Gasteiger partial charge in [0.15, 0.2) is 0 Å². The van der Waals surface area contributed by atoms with Crippen molar-refractivity contribution < 1.29 is 4.79 Å². The Morgan fingerprint density at radius 2 is 2.19 bits per heavy atom. The molecule has 1 aliphatic carbocycles. The third kappa shape index (κ3) is 4.27. The fraction of sp³-hybridized carbons (Fsp3) is 0.667. The Labute approximate surface area is 131 Å². The van der Waals surface area contributed by atoms with Crippen molar-refractivity contribution in [3.05, 3.63) is 11.8 Å². The van der Waals surface area contributed by atoms with Crippen LogP contribution in [0.4, 0.5) is 5.82 Å². The van der Waals surface area contributed by atoms with E-state index in [1.54, 1.807) is 6.20 Å². The van der Waals surface area contributed by atoms with Crippen molar-refractivity contribution in [2.45, 2.75) is 51.9 Å². The summed E-state index contributed by atoms with van der Waals surface area (Å²) in [6, 6.07) is 0. The maximum Gasteiger partial charge on any atom is 0.228 e. The summed E-state index contributed by atoms with van der Waals surface area (Å²) in [7, 11) is 0. The molecule has 1 heterocycles. The number of anilines is 1.